The van der Waals surface area contributed by atoms with E-state index in [2.05, 4.69) is 39.2 Å². The van der Waals surface area contributed by atoms with Gasteiger partial charge in [0.1, 0.15) is 17.1 Å². The molecule has 0 bridgehead atoms. The number of likely N-dealkylation sites (N-methyl/N-ethyl adjacent to an activating group) is 1. The van der Waals surface area contributed by atoms with Crippen LogP contribution in [0.25, 0.3) is 17.1 Å². The van der Waals surface area contributed by atoms with Gasteiger partial charge in [-0.2, -0.15) is 4.98 Å². The van der Waals surface area contributed by atoms with Crippen molar-refractivity contribution >= 4 is 46.4 Å². The van der Waals surface area contributed by atoms with Crippen LogP contribution < -0.4 is 10.9 Å². The Labute approximate surface area is 253 Å². The van der Waals surface area contributed by atoms with E-state index < -0.39 is 0 Å². The van der Waals surface area contributed by atoms with E-state index in [1.54, 1.807) is 16.8 Å². The van der Waals surface area contributed by atoms with E-state index in [9.17, 15) is 9.59 Å². The molecule has 3 aliphatic rings. The number of carbonyl (C=O) groups excluding carboxylic acids is 1. The van der Waals surface area contributed by atoms with Gasteiger partial charge in [0.25, 0.3) is 5.56 Å². The van der Waals surface area contributed by atoms with Crippen LogP contribution in [-0.4, -0.2) is 74.7 Å². The Morgan fingerprint density at radius 3 is 2.41 bits per heavy atom. The topological polar surface area (TPSA) is 99.2 Å². The first kappa shape index (κ1) is 29.5. The van der Waals surface area contributed by atoms with Gasteiger partial charge in [-0.3, -0.25) is 19.6 Å². The van der Waals surface area contributed by atoms with Crippen molar-refractivity contribution in [3.05, 3.63) is 78.9 Å². The van der Waals surface area contributed by atoms with E-state index in [0.717, 1.165) is 25.2 Å². The first-order valence-electron chi connectivity index (χ1n) is 13.5. The normalized spacial score (nSPS) is 16.5. The molecule has 3 aliphatic heterocycles. The number of fused-ring (bicyclic) bond motifs is 1. The van der Waals surface area contributed by atoms with Crippen molar-refractivity contribution < 1.29 is 4.79 Å². The molecule has 2 aromatic carbocycles. The van der Waals surface area contributed by atoms with Crippen molar-refractivity contribution in [3.8, 4) is 17.1 Å². The monoisotopic (exact) mass is 615 g/mol. The van der Waals surface area contributed by atoms with Crippen LogP contribution in [0.1, 0.15) is 43.8 Å². The van der Waals surface area contributed by atoms with Gasteiger partial charge in [-0.25, -0.2) is 9.67 Å². The average Bonchev–Trinajstić information content (AvgIpc) is 3.27. The van der Waals surface area contributed by atoms with Gasteiger partial charge in [0.05, 0.1) is 22.3 Å². The molecule has 1 amide bonds. The van der Waals surface area contributed by atoms with Gasteiger partial charge in [0.2, 0.25) is 5.91 Å². The minimum atomic E-state index is -0.382. The SMILES string of the molecule is CC(C)c1[nH]n(-c2c(Cl)cc(Cl)cc2Cl)c2nc(Cc3ccc(NC(=O)CN4CCN(C)C(C)C4)cc3)nc(=O)c1-2. The molecule has 5 rings (SSSR count). The Morgan fingerprint density at radius 2 is 1.78 bits per heavy atom. The summed E-state index contributed by atoms with van der Waals surface area (Å²) in [6.45, 7) is 9.15. The van der Waals surface area contributed by atoms with E-state index in [1.807, 2.05) is 38.1 Å². The molecule has 9 nitrogen and oxygen atoms in total. The summed E-state index contributed by atoms with van der Waals surface area (Å²) in [5, 5.41) is 7.27. The third kappa shape index (κ3) is 6.44. The van der Waals surface area contributed by atoms with Crippen molar-refractivity contribution in [1.82, 2.24) is 29.5 Å². The van der Waals surface area contributed by atoms with Crippen molar-refractivity contribution in [2.45, 2.75) is 39.2 Å². The van der Waals surface area contributed by atoms with E-state index in [1.165, 1.54) is 0 Å². The summed E-state index contributed by atoms with van der Waals surface area (Å²) in [5.41, 5.74) is 2.74. The molecule has 2 aromatic rings. The second-order valence-corrected chi connectivity index (χ2v) is 12.1. The number of aromatic nitrogens is 4. The molecule has 1 atom stereocenters. The van der Waals surface area contributed by atoms with Gasteiger partial charge < -0.3 is 10.2 Å². The lowest BCUT2D eigenvalue weighted by molar-refractivity contribution is -0.117. The number of nitrogens with one attached hydrogen (secondary N) is 2. The molecule has 1 unspecified atom stereocenters. The lowest BCUT2D eigenvalue weighted by atomic mass is 10.1. The summed E-state index contributed by atoms with van der Waals surface area (Å²) in [6.07, 6.45) is 0.322. The van der Waals surface area contributed by atoms with Crippen LogP contribution in [-0.2, 0) is 11.2 Å². The highest BCUT2D eigenvalue weighted by molar-refractivity contribution is 6.40. The molecule has 12 heteroatoms. The van der Waals surface area contributed by atoms with Gasteiger partial charge in [0, 0.05) is 42.8 Å². The van der Waals surface area contributed by atoms with E-state index >= 15 is 0 Å². The van der Waals surface area contributed by atoms with Crippen LogP contribution in [0.4, 0.5) is 5.69 Å². The summed E-state index contributed by atoms with van der Waals surface area (Å²) in [5.74, 6) is 0.689. The number of halogens is 3. The molecule has 1 saturated heterocycles. The fourth-order valence-corrected chi connectivity index (χ4v) is 6.05. The molecule has 216 valence electrons. The van der Waals surface area contributed by atoms with Crippen LogP contribution >= 0.6 is 34.8 Å². The molecule has 41 heavy (non-hydrogen) atoms. The predicted octanol–water partition coefficient (Wildman–Crippen LogP) is 5.31. The highest BCUT2D eigenvalue weighted by Gasteiger charge is 2.27. The summed E-state index contributed by atoms with van der Waals surface area (Å²) in [4.78, 5) is 39.4. The van der Waals surface area contributed by atoms with Gasteiger partial charge in [-0.05, 0) is 49.7 Å². The number of nitrogens with zero attached hydrogens (tertiary/aromatic N) is 5. The second-order valence-electron chi connectivity index (χ2n) is 10.9. The average molecular weight is 617 g/mol. The van der Waals surface area contributed by atoms with Crippen LogP contribution in [0, 0.1) is 0 Å². The number of carbonyl (C=O) groups is 1. The lowest BCUT2D eigenvalue weighted by Crippen LogP contribution is -2.51. The van der Waals surface area contributed by atoms with Crippen LogP contribution in [0.5, 0.6) is 0 Å². The molecule has 0 radical (unpaired) electrons. The van der Waals surface area contributed by atoms with Gasteiger partial charge in [-0.1, -0.05) is 60.8 Å². The maximum Gasteiger partial charge on any atom is 0.284 e. The minimum Gasteiger partial charge on any atom is -0.325 e. The highest BCUT2D eigenvalue weighted by atomic mass is 35.5. The first-order chi connectivity index (χ1) is 19.5. The number of H-pyrrole nitrogens is 1. The van der Waals surface area contributed by atoms with Crippen molar-refractivity contribution in [2.24, 2.45) is 0 Å². The van der Waals surface area contributed by atoms with Crippen LogP contribution in [0.2, 0.25) is 15.1 Å². The zero-order valence-corrected chi connectivity index (χ0v) is 25.6. The Morgan fingerprint density at radius 1 is 1.10 bits per heavy atom. The van der Waals surface area contributed by atoms with Gasteiger partial charge >= 0.3 is 0 Å². The third-order valence-electron chi connectivity index (χ3n) is 7.41. The maximum absolute atomic E-state index is 13.2. The molecule has 3 heterocycles. The summed E-state index contributed by atoms with van der Waals surface area (Å²) < 4.78 is 1.62. The number of hydrogen-bond acceptors (Lipinski definition) is 6. The molecular weight excluding hydrogens is 585 g/mol. The minimum absolute atomic E-state index is 0.00633. The van der Waals surface area contributed by atoms with Crippen LogP contribution in [0.3, 0.4) is 0 Å². The standard InChI is InChI=1S/C29H32Cl3N7O2/c1-16(2)26-25-28(39(36-26)27-21(31)12-19(30)13-22(27)32)34-23(35-29(25)41)11-18-5-7-20(8-6-18)33-24(40)15-38-10-9-37(4)17(3)14-38/h5-8,12-13,16-17,36H,9-11,14-15H2,1-4H3,(H,33,40). The fourth-order valence-electron chi connectivity index (χ4n) is 5.07. The number of aromatic amines is 1. The van der Waals surface area contributed by atoms with Crippen molar-refractivity contribution in [1.29, 1.82) is 0 Å². The molecule has 0 saturated carbocycles. The molecule has 0 spiro atoms. The van der Waals surface area contributed by atoms with Gasteiger partial charge in [0.15, 0.2) is 5.82 Å². The third-order valence-corrected chi connectivity index (χ3v) is 8.20. The molecule has 1 fully saturated rings. The smallest absolute Gasteiger partial charge is 0.284 e. The fraction of sp³-hybridized carbons (Fsp3) is 0.379. The first-order valence-corrected chi connectivity index (χ1v) is 14.6. The quantitative estimate of drug-likeness (QED) is 0.292. The Balaban J connectivity index is 1.37. The molecule has 0 aliphatic carbocycles. The van der Waals surface area contributed by atoms with Crippen molar-refractivity contribution in [3.63, 3.8) is 0 Å². The lowest BCUT2D eigenvalue weighted by Gasteiger charge is -2.37. The Hall–Kier alpha value is -2.95. The van der Waals surface area contributed by atoms with E-state index in [4.69, 9.17) is 39.8 Å². The number of hydrogen-bond donors (Lipinski definition) is 2. The van der Waals surface area contributed by atoms with Crippen LogP contribution in [0.15, 0.2) is 41.2 Å². The van der Waals surface area contributed by atoms with E-state index in [-0.39, 0.29) is 17.4 Å². The summed E-state index contributed by atoms with van der Waals surface area (Å²) in [6, 6.07) is 11.1. The second kappa shape index (κ2) is 12.1. The number of piperazine rings is 1. The zero-order chi connectivity index (χ0) is 29.4. The number of anilines is 1. The predicted molar refractivity (Wildman–Crippen MR) is 164 cm³/mol. The highest BCUT2D eigenvalue weighted by Crippen LogP contribution is 2.36. The Bertz CT molecular complexity index is 1580. The summed E-state index contributed by atoms with van der Waals surface area (Å²) in [7, 11) is 2.11. The maximum atomic E-state index is 13.2. The Kier molecular flexibility index (Phi) is 8.73. The van der Waals surface area contributed by atoms with E-state index in [0.29, 0.717) is 68.4 Å². The largest absolute Gasteiger partial charge is 0.325 e. The van der Waals surface area contributed by atoms with Gasteiger partial charge in [-0.15, -0.1) is 0 Å². The zero-order valence-electron chi connectivity index (χ0n) is 23.3. The number of rotatable bonds is 7. The number of benzene rings is 2. The number of amides is 1. The molecular formula is C29H32Cl3N7O2. The summed E-state index contributed by atoms with van der Waals surface area (Å²) >= 11 is 19.2. The molecule has 2 N–H and O–H groups in total. The van der Waals surface area contributed by atoms with Crippen molar-refractivity contribution in [2.75, 3.05) is 38.5 Å². The molecule has 0 aromatic heterocycles.